The van der Waals surface area contributed by atoms with Crippen LogP contribution in [-0.4, -0.2) is 66.9 Å². The smallest absolute Gasteiger partial charge is 0.264 e. The molecule has 1 aromatic carbocycles. The van der Waals surface area contributed by atoms with Crippen molar-refractivity contribution in [3.63, 3.8) is 0 Å². The highest BCUT2D eigenvalue weighted by Gasteiger charge is 2.44. The van der Waals surface area contributed by atoms with Gasteiger partial charge in [-0.3, -0.25) is 14.2 Å². The molecule has 0 bridgehead atoms. The summed E-state index contributed by atoms with van der Waals surface area (Å²) >= 11 is 0. The zero-order valence-corrected chi connectivity index (χ0v) is 23.1. The number of hydrogen-bond donors (Lipinski definition) is 1. The highest BCUT2D eigenvalue weighted by molar-refractivity contribution is 7.92. The minimum Gasteiger partial charge on any atom is -0.363 e. The molecule has 13 heteroatoms. The Balaban J connectivity index is 1.56. The van der Waals surface area contributed by atoms with Crippen molar-refractivity contribution in [2.24, 2.45) is 0 Å². The van der Waals surface area contributed by atoms with Gasteiger partial charge < -0.3 is 9.64 Å². The van der Waals surface area contributed by atoms with Crippen LogP contribution in [0.25, 0.3) is 22.0 Å². The van der Waals surface area contributed by atoms with Crippen LogP contribution in [0.5, 0.6) is 0 Å². The largest absolute Gasteiger partial charge is 0.363 e. The third kappa shape index (κ3) is 6.10. The van der Waals surface area contributed by atoms with Crippen molar-refractivity contribution in [2.75, 3.05) is 31.9 Å². The number of carbonyl (C=O) groups is 1. The van der Waals surface area contributed by atoms with E-state index in [9.17, 15) is 18.0 Å². The summed E-state index contributed by atoms with van der Waals surface area (Å²) in [6.45, 7) is 1.60. The summed E-state index contributed by atoms with van der Waals surface area (Å²) in [5.74, 6) is -0.781. The van der Waals surface area contributed by atoms with E-state index in [1.165, 1.54) is 19.3 Å². The molecule has 39 heavy (non-hydrogen) atoms. The Kier molecular flexibility index (Phi) is 8.33. The molecule has 2 aromatic heterocycles. The minimum atomic E-state index is -3.93. The number of amides is 1. The van der Waals surface area contributed by atoms with Gasteiger partial charge in [0.2, 0.25) is 0 Å². The van der Waals surface area contributed by atoms with Crippen LogP contribution in [0.3, 0.4) is 0 Å². The number of anilines is 1. The van der Waals surface area contributed by atoms with Gasteiger partial charge in [-0.2, -0.15) is 0 Å². The average molecular weight is 562 g/mol. The van der Waals surface area contributed by atoms with Crippen molar-refractivity contribution >= 4 is 32.5 Å². The molecule has 0 radical (unpaired) electrons. The van der Waals surface area contributed by atoms with E-state index in [1.807, 2.05) is 19.0 Å². The Labute approximate surface area is 225 Å². The lowest BCUT2D eigenvalue weighted by Gasteiger charge is -2.28. The van der Waals surface area contributed by atoms with Crippen molar-refractivity contribution < 1.29 is 27.2 Å². The number of ether oxygens (including phenoxy) is 1. The fourth-order valence-corrected chi connectivity index (χ4v) is 5.04. The second-order valence-electron chi connectivity index (χ2n) is 9.99. The summed E-state index contributed by atoms with van der Waals surface area (Å²) < 4.78 is 45.0. The Morgan fingerprint density at radius 2 is 2.05 bits per heavy atom. The maximum absolute atomic E-state index is 15.1. The van der Waals surface area contributed by atoms with E-state index in [0.29, 0.717) is 24.4 Å². The molecule has 1 saturated heterocycles. The van der Waals surface area contributed by atoms with Crippen molar-refractivity contribution in [1.82, 2.24) is 20.0 Å². The number of rotatable bonds is 9. The summed E-state index contributed by atoms with van der Waals surface area (Å²) in [5, 5.41) is 0.0277. The lowest BCUT2D eigenvalue weighted by atomic mass is 10.0. The molecule has 1 fully saturated rings. The Bertz CT molecular complexity index is 1520. The van der Waals surface area contributed by atoms with Crippen molar-refractivity contribution in [1.29, 1.82) is 0 Å². The molecule has 1 unspecified atom stereocenters. The van der Waals surface area contributed by atoms with E-state index in [-0.39, 0.29) is 29.4 Å². The molecule has 4 rings (SSSR count). The SMILES string of the molecule is CN(C)c1ccc(-c2cc3ncn(CC[C@](C)(C(=O)NOC4CCCCO4)S(C)(=O)=O)c(=O)c3cc2F)cn1. The van der Waals surface area contributed by atoms with Crippen molar-refractivity contribution in [3.8, 4) is 11.1 Å². The van der Waals surface area contributed by atoms with Crippen LogP contribution in [0.1, 0.15) is 32.6 Å². The molecule has 11 nitrogen and oxygen atoms in total. The highest BCUT2D eigenvalue weighted by Crippen LogP contribution is 2.27. The molecule has 210 valence electrons. The van der Waals surface area contributed by atoms with Crippen LogP contribution < -0.4 is 15.9 Å². The zero-order chi connectivity index (χ0) is 28.4. The monoisotopic (exact) mass is 561 g/mol. The molecule has 3 heterocycles. The van der Waals surface area contributed by atoms with Crippen LogP contribution in [0, 0.1) is 5.82 Å². The molecule has 1 N–H and O–H groups in total. The van der Waals surface area contributed by atoms with E-state index in [0.717, 1.165) is 29.7 Å². The maximum Gasteiger partial charge on any atom is 0.264 e. The predicted octanol–water partition coefficient (Wildman–Crippen LogP) is 2.43. The maximum atomic E-state index is 15.1. The molecule has 1 amide bonds. The van der Waals surface area contributed by atoms with Gasteiger partial charge in [0, 0.05) is 57.2 Å². The van der Waals surface area contributed by atoms with Gasteiger partial charge in [0.05, 0.1) is 17.2 Å². The van der Waals surface area contributed by atoms with Gasteiger partial charge in [0.25, 0.3) is 11.5 Å². The van der Waals surface area contributed by atoms with E-state index in [1.54, 1.807) is 18.3 Å². The molecule has 0 aliphatic carbocycles. The average Bonchev–Trinajstić information content (AvgIpc) is 2.91. The second kappa shape index (κ2) is 11.4. The van der Waals surface area contributed by atoms with Gasteiger partial charge in [0.1, 0.15) is 11.6 Å². The number of sulfone groups is 1. The highest BCUT2D eigenvalue weighted by atomic mass is 32.2. The van der Waals surface area contributed by atoms with Gasteiger partial charge in [-0.05, 0) is 50.5 Å². The van der Waals surface area contributed by atoms with Gasteiger partial charge in [-0.25, -0.2) is 33.1 Å². The van der Waals surface area contributed by atoms with Gasteiger partial charge in [-0.1, -0.05) is 0 Å². The quantitative estimate of drug-likeness (QED) is 0.391. The number of nitrogens with one attached hydrogen (secondary N) is 1. The van der Waals surface area contributed by atoms with E-state index in [4.69, 9.17) is 9.57 Å². The van der Waals surface area contributed by atoms with Crippen molar-refractivity contribution in [2.45, 2.75) is 50.2 Å². The lowest BCUT2D eigenvalue weighted by Crippen LogP contribution is -2.51. The number of pyridine rings is 1. The normalized spacial score (nSPS) is 17.5. The second-order valence-corrected chi connectivity index (χ2v) is 12.4. The molecule has 1 aliphatic heterocycles. The number of carbonyl (C=O) groups excluding carboxylic acids is 1. The zero-order valence-electron chi connectivity index (χ0n) is 22.3. The number of nitrogens with zero attached hydrogens (tertiary/aromatic N) is 4. The first-order valence-corrected chi connectivity index (χ1v) is 14.4. The molecular weight excluding hydrogens is 529 g/mol. The minimum absolute atomic E-state index is 0.0277. The first kappa shape index (κ1) is 28.6. The fourth-order valence-electron chi connectivity index (χ4n) is 4.20. The first-order valence-electron chi connectivity index (χ1n) is 12.5. The third-order valence-corrected chi connectivity index (χ3v) is 9.01. The van der Waals surface area contributed by atoms with Gasteiger partial charge in [-0.15, -0.1) is 0 Å². The molecule has 2 atom stereocenters. The van der Waals surface area contributed by atoms with Gasteiger partial charge in [0.15, 0.2) is 20.9 Å². The predicted molar refractivity (Wildman–Crippen MR) is 144 cm³/mol. The van der Waals surface area contributed by atoms with Crippen LogP contribution in [0.4, 0.5) is 10.2 Å². The van der Waals surface area contributed by atoms with E-state index >= 15 is 4.39 Å². The first-order chi connectivity index (χ1) is 18.4. The molecule has 0 spiro atoms. The lowest BCUT2D eigenvalue weighted by molar-refractivity contribution is -0.201. The standard InChI is InChI=1S/C26H32FN5O6S/c1-26(39(4,35)36,25(34)30-38-23-7-5-6-12-37-23)10-11-32-16-29-21-14-18(20(27)13-19(21)24(32)33)17-8-9-22(28-15-17)31(2)3/h8-9,13-16,23H,5-7,10-12H2,1-4H3,(H,30,34)/t23?,26-/m1/s1. The van der Waals surface area contributed by atoms with Crippen LogP contribution in [0.15, 0.2) is 41.6 Å². The number of hydroxylamine groups is 1. The van der Waals surface area contributed by atoms with Crippen LogP contribution >= 0.6 is 0 Å². The van der Waals surface area contributed by atoms with E-state index in [2.05, 4.69) is 15.4 Å². The van der Waals surface area contributed by atoms with E-state index < -0.39 is 38.2 Å². The third-order valence-electron chi connectivity index (χ3n) is 6.98. The number of fused-ring (bicyclic) bond motifs is 1. The summed E-state index contributed by atoms with van der Waals surface area (Å²) in [6.07, 6.45) is 5.17. The number of benzene rings is 1. The van der Waals surface area contributed by atoms with Crippen LogP contribution in [0.2, 0.25) is 0 Å². The number of hydrogen-bond acceptors (Lipinski definition) is 9. The Hall–Kier alpha value is -3.42. The van der Waals surface area contributed by atoms with Crippen molar-refractivity contribution in [3.05, 3.63) is 53.0 Å². The van der Waals surface area contributed by atoms with Crippen LogP contribution in [-0.2, 0) is 30.8 Å². The summed E-state index contributed by atoms with van der Waals surface area (Å²) in [6, 6.07) is 6.07. The molecular formula is C26H32FN5O6S. The van der Waals surface area contributed by atoms with Gasteiger partial charge >= 0.3 is 0 Å². The molecule has 1 aliphatic rings. The Morgan fingerprint density at radius 3 is 2.67 bits per heavy atom. The fraction of sp³-hybridized carbons (Fsp3) is 0.462. The number of aryl methyl sites for hydroxylation is 1. The number of aromatic nitrogens is 3. The molecule has 3 aromatic rings. The summed E-state index contributed by atoms with van der Waals surface area (Å²) in [5.41, 5.74) is 2.70. The topological polar surface area (TPSA) is 133 Å². The summed E-state index contributed by atoms with van der Waals surface area (Å²) in [7, 11) is -0.239. The Morgan fingerprint density at radius 1 is 1.28 bits per heavy atom. The number of halogens is 1. The molecule has 0 saturated carbocycles. The summed E-state index contributed by atoms with van der Waals surface area (Å²) in [4.78, 5) is 41.8.